The van der Waals surface area contributed by atoms with Crippen molar-refractivity contribution >= 4 is 22.6 Å². The SMILES string of the molecule is COc1ccc(OCc2nn3c(C=O)c(C(C)(C)C)nc3s2)cc1. The van der Waals surface area contributed by atoms with Crippen LogP contribution in [0.25, 0.3) is 4.96 Å². The minimum absolute atomic E-state index is 0.205. The second-order valence-corrected chi connectivity index (χ2v) is 7.41. The molecule has 0 amide bonds. The molecular weight excluding hydrogens is 326 g/mol. The number of imidazole rings is 1. The maximum absolute atomic E-state index is 11.5. The van der Waals surface area contributed by atoms with Crippen molar-refractivity contribution < 1.29 is 14.3 Å². The number of carbonyl (C=O) groups is 1. The van der Waals surface area contributed by atoms with Gasteiger partial charge in [-0.2, -0.15) is 9.61 Å². The first-order valence-electron chi connectivity index (χ1n) is 7.53. The van der Waals surface area contributed by atoms with Gasteiger partial charge in [0.1, 0.15) is 23.8 Å². The Labute approximate surface area is 144 Å². The Morgan fingerprint density at radius 1 is 1.21 bits per heavy atom. The summed E-state index contributed by atoms with van der Waals surface area (Å²) in [5.41, 5.74) is 1.06. The molecule has 2 heterocycles. The van der Waals surface area contributed by atoms with Gasteiger partial charge in [-0.1, -0.05) is 32.1 Å². The Hall–Kier alpha value is -2.41. The molecule has 0 atom stereocenters. The lowest BCUT2D eigenvalue weighted by Crippen LogP contribution is -2.15. The Morgan fingerprint density at radius 2 is 1.88 bits per heavy atom. The number of fused-ring (bicyclic) bond motifs is 1. The number of hydrogen-bond acceptors (Lipinski definition) is 6. The summed E-state index contributed by atoms with van der Waals surface area (Å²) in [5, 5.41) is 5.22. The first-order chi connectivity index (χ1) is 11.4. The molecular formula is C17H19N3O3S. The monoisotopic (exact) mass is 345 g/mol. The Balaban J connectivity index is 1.81. The molecule has 0 N–H and O–H groups in total. The molecule has 0 unspecified atom stereocenters. The number of aldehydes is 1. The number of methoxy groups -OCH3 is 1. The summed E-state index contributed by atoms with van der Waals surface area (Å²) in [6, 6.07) is 7.35. The predicted molar refractivity (Wildman–Crippen MR) is 92.3 cm³/mol. The maximum Gasteiger partial charge on any atom is 0.213 e. The first kappa shape index (κ1) is 16.4. The third-order valence-corrected chi connectivity index (χ3v) is 4.41. The molecule has 24 heavy (non-hydrogen) atoms. The molecule has 3 rings (SSSR count). The molecule has 0 spiro atoms. The molecule has 3 aromatic rings. The molecule has 0 aliphatic carbocycles. The molecule has 0 aliphatic rings. The quantitative estimate of drug-likeness (QED) is 0.662. The van der Waals surface area contributed by atoms with E-state index in [1.54, 1.807) is 11.6 Å². The van der Waals surface area contributed by atoms with Crippen LogP contribution in [-0.4, -0.2) is 28.0 Å². The van der Waals surface area contributed by atoms with E-state index in [1.165, 1.54) is 11.3 Å². The number of carbonyl (C=O) groups excluding carboxylic acids is 1. The van der Waals surface area contributed by atoms with Crippen molar-refractivity contribution in [3.8, 4) is 11.5 Å². The highest BCUT2D eigenvalue weighted by molar-refractivity contribution is 7.16. The van der Waals surface area contributed by atoms with E-state index in [0.29, 0.717) is 17.3 Å². The van der Waals surface area contributed by atoms with Gasteiger partial charge in [0, 0.05) is 5.41 Å². The highest BCUT2D eigenvalue weighted by atomic mass is 32.1. The second-order valence-electron chi connectivity index (χ2n) is 6.37. The average Bonchev–Trinajstić information content (AvgIpc) is 3.10. The van der Waals surface area contributed by atoms with Crippen molar-refractivity contribution in [1.29, 1.82) is 0 Å². The first-order valence-corrected chi connectivity index (χ1v) is 8.35. The van der Waals surface area contributed by atoms with E-state index in [0.717, 1.165) is 28.5 Å². The molecule has 1 aromatic carbocycles. The number of hydrogen-bond donors (Lipinski definition) is 0. The summed E-state index contributed by atoms with van der Waals surface area (Å²) in [5.74, 6) is 1.51. The number of rotatable bonds is 5. The molecule has 126 valence electrons. The molecule has 0 saturated carbocycles. The highest BCUT2D eigenvalue weighted by Crippen LogP contribution is 2.28. The van der Waals surface area contributed by atoms with Crippen LogP contribution in [-0.2, 0) is 12.0 Å². The summed E-state index contributed by atoms with van der Waals surface area (Å²) in [6.45, 7) is 6.41. The van der Waals surface area contributed by atoms with E-state index in [2.05, 4.69) is 10.1 Å². The zero-order chi connectivity index (χ0) is 17.3. The van der Waals surface area contributed by atoms with E-state index in [9.17, 15) is 4.79 Å². The molecule has 7 heteroatoms. The number of aromatic nitrogens is 3. The lowest BCUT2D eigenvalue weighted by Gasteiger charge is -2.15. The van der Waals surface area contributed by atoms with Gasteiger partial charge in [-0.05, 0) is 24.3 Å². The highest BCUT2D eigenvalue weighted by Gasteiger charge is 2.25. The molecule has 0 saturated heterocycles. The predicted octanol–water partition coefficient (Wildman–Crippen LogP) is 3.49. The van der Waals surface area contributed by atoms with Gasteiger partial charge in [0.05, 0.1) is 12.8 Å². The largest absolute Gasteiger partial charge is 0.497 e. The summed E-state index contributed by atoms with van der Waals surface area (Å²) in [4.78, 5) is 16.7. The lowest BCUT2D eigenvalue weighted by molar-refractivity contribution is 0.111. The molecule has 6 nitrogen and oxygen atoms in total. The summed E-state index contributed by atoms with van der Waals surface area (Å²) in [6.07, 6.45) is 0.814. The van der Waals surface area contributed by atoms with Gasteiger partial charge in [-0.25, -0.2) is 4.98 Å². The van der Waals surface area contributed by atoms with Crippen LogP contribution in [0.2, 0.25) is 0 Å². The van der Waals surface area contributed by atoms with Gasteiger partial charge in [0.25, 0.3) is 0 Å². The Morgan fingerprint density at radius 3 is 2.46 bits per heavy atom. The lowest BCUT2D eigenvalue weighted by atomic mass is 9.91. The Bertz CT molecular complexity index is 860. The maximum atomic E-state index is 11.5. The third kappa shape index (κ3) is 3.12. The number of nitrogens with zero attached hydrogens (tertiary/aromatic N) is 3. The van der Waals surface area contributed by atoms with Gasteiger partial charge in [0.2, 0.25) is 4.96 Å². The number of ether oxygens (including phenoxy) is 2. The fourth-order valence-corrected chi connectivity index (χ4v) is 3.15. The van der Waals surface area contributed by atoms with Crippen molar-refractivity contribution in [3.63, 3.8) is 0 Å². The fraction of sp³-hybridized carbons (Fsp3) is 0.353. The average molecular weight is 345 g/mol. The van der Waals surface area contributed by atoms with Crippen LogP contribution in [0.5, 0.6) is 11.5 Å². The van der Waals surface area contributed by atoms with Crippen molar-refractivity contribution in [2.45, 2.75) is 32.8 Å². The summed E-state index contributed by atoms with van der Waals surface area (Å²) >= 11 is 1.42. The van der Waals surface area contributed by atoms with Crippen LogP contribution in [0.3, 0.4) is 0 Å². The van der Waals surface area contributed by atoms with Gasteiger partial charge in [-0.3, -0.25) is 4.79 Å². The zero-order valence-corrected chi connectivity index (χ0v) is 14.9. The zero-order valence-electron chi connectivity index (χ0n) is 14.1. The van der Waals surface area contributed by atoms with Gasteiger partial charge in [-0.15, -0.1) is 0 Å². The van der Waals surface area contributed by atoms with Crippen LogP contribution in [0, 0.1) is 0 Å². The topological polar surface area (TPSA) is 65.7 Å². The van der Waals surface area contributed by atoms with Gasteiger partial charge in [0.15, 0.2) is 11.3 Å². The van der Waals surface area contributed by atoms with E-state index in [1.807, 2.05) is 45.0 Å². The van der Waals surface area contributed by atoms with Crippen LogP contribution in [0.1, 0.15) is 42.0 Å². The van der Waals surface area contributed by atoms with Crippen molar-refractivity contribution in [2.24, 2.45) is 0 Å². The minimum atomic E-state index is -0.205. The van der Waals surface area contributed by atoms with Gasteiger partial charge < -0.3 is 9.47 Å². The van der Waals surface area contributed by atoms with E-state index < -0.39 is 0 Å². The molecule has 2 aromatic heterocycles. The standard InChI is InChI=1S/C17H19N3O3S/c1-17(2,3)15-13(9-21)20-16(18-15)24-14(19-20)10-23-12-7-5-11(22-4)6-8-12/h5-9H,10H2,1-4H3. The summed E-state index contributed by atoms with van der Waals surface area (Å²) in [7, 11) is 1.62. The van der Waals surface area contributed by atoms with E-state index in [-0.39, 0.29) is 5.41 Å². The number of benzene rings is 1. The fourth-order valence-electron chi connectivity index (χ4n) is 2.34. The third-order valence-electron chi connectivity index (χ3n) is 3.52. The second kappa shape index (κ2) is 6.24. The van der Waals surface area contributed by atoms with Crippen LogP contribution >= 0.6 is 11.3 Å². The van der Waals surface area contributed by atoms with Crippen molar-refractivity contribution in [1.82, 2.24) is 14.6 Å². The molecule has 0 aliphatic heterocycles. The van der Waals surface area contributed by atoms with Crippen LogP contribution < -0.4 is 9.47 Å². The van der Waals surface area contributed by atoms with Gasteiger partial charge >= 0.3 is 0 Å². The van der Waals surface area contributed by atoms with E-state index >= 15 is 0 Å². The molecule has 0 bridgehead atoms. The Kier molecular flexibility index (Phi) is 4.28. The van der Waals surface area contributed by atoms with Crippen molar-refractivity contribution in [2.75, 3.05) is 7.11 Å². The molecule has 0 fully saturated rings. The summed E-state index contributed by atoms with van der Waals surface area (Å²) < 4.78 is 12.4. The van der Waals surface area contributed by atoms with Crippen LogP contribution in [0.15, 0.2) is 24.3 Å². The van der Waals surface area contributed by atoms with Crippen molar-refractivity contribution in [3.05, 3.63) is 40.7 Å². The van der Waals surface area contributed by atoms with Crippen LogP contribution in [0.4, 0.5) is 0 Å². The smallest absolute Gasteiger partial charge is 0.213 e. The normalized spacial score (nSPS) is 11.7. The minimum Gasteiger partial charge on any atom is -0.497 e. The van der Waals surface area contributed by atoms with E-state index in [4.69, 9.17) is 9.47 Å². The molecule has 0 radical (unpaired) electrons.